The molecule has 3 aromatic carbocycles. The molecule has 0 amide bonds. The fourth-order valence-corrected chi connectivity index (χ4v) is 5.46. The molecule has 0 atom stereocenters. The van der Waals surface area contributed by atoms with Gasteiger partial charge in [0.2, 0.25) is 0 Å². The third-order valence-electron chi connectivity index (χ3n) is 7.58. The largest absolute Gasteiger partial charge is 0.295 e. The summed E-state index contributed by atoms with van der Waals surface area (Å²) in [6, 6.07) is 24.1. The highest BCUT2D eigenvalue weighted by molar-refractivity contribution is 5.48. The number of rotatable bonds is 9. The Labute approximate surface area is 235 Å². The minimum atomic E-state index is -0.519. The number of nitrogens with one attached hydrogen (secondary N) is 2. The van der Waals surface area contributed by atoms with Crippen molar-refractivity contribution in [2.24, 2.45) is 0 Å². The van der Waals surface area contributed by atoms with Crippen molar-refractivity contribution < 1.29 is 0 Å². The van der Waals surface area contributed by atoms with Gasteiger partial charge in [-0.3, -0.25) is 19.8 Å². The predicted octanol–water partition coefficient (Wildman–Crippen LogP) is 6.66. The molecule has 0 aliphatic heterocycles. The van der Waals surface area contributed by atoms with Crippen molar-refractivity contribution in [2.75, 3.05) is 0 Å². The van der Waals surface area contributed by atoms with E-state index in [1.807, 2.05) is 69.3 Å². The summed E-state index contributed by atoms with van der Waals surface area (Å²) < 4.78 is 3.26. The lowest BCUT2D eigenvalue weighted by Gasteiger charge is -2.17. The number of hydrogen-bond donors (Lipinski definition) is 2. The van der Waals surface area contributed by atoms with E-state index >= 15 is 0 Å². The summed E-state index contributed by atoms with van der Waals surface area (Å²) in [5.41, 5.74) is 8.63. The molecule has 0 aliphatic carbocycles. The number of aromatic amines is 2. The third kappa shape index (κ3) is 5.14. The van der Waals surface area contributed by atoms with Gasteiger partial charge >= 0.3 is 0 Å². The number of hydrogen-bond acceptors (Lipinski definition) is 2. The smallest absolute Gasteiger partial charge is 0.275 e. The van der Waals surface area contributed by atoms with Gasteiger partial charge in [-0.25, -0.2) is 9.36 Å². The molecular formula is C34H38N4O2. The Balaban J connectivity index is 1.81. The van der Waals surface area contributed by atoms with Gasteiger partial charge in [0.1, 0.15) is 0 Å². The van der Waals surface area contributed by atoms with E-state index in [1.54, 1.807) is 9.36 Å². The van der Waals surface area contributed by atoms with Crippen LogP contribution in [0.3, 0.4) is 0 Å². The number of nitrogens with zero attached hydrogens (tertiary/aromatic N) is 2. The zero-order valence-corrected chi connectivity index (χ0v) is 24.0. The molecule has 0 spiro atoms. The van der Waals surface area contributed by atoms with E-state index in [1.165, 1.54) is 0 Å². The number of H-pyrrole nitrogens is 2. The summed E-state index contributed by atoms with van der Waals surface area (Å²) in [5.74, 6) is -0.519. The molecule has 0 bridgehead atoms. The molecule has 6 nitrogen and oxygen atoms in total. The van der Waals surface area contributed by atoms with Crippen LogP contribution < -0.4 is 11.1 Å². The second-order valence-electron chi connectivity index (χ2n) is 10.8. The summed E-state index contributed by atoms with van der Waals surface area (Å²) in [6.07, 6.45) is 3.13. The lowest BCUT2D eigenvalue weighted by atomic mass is 9.83. The van der Waals surface area contributed by atoms with Crippen molar-refractivity contribution in [2.45, 2.75) is 66.2 Å². The van der Waals surface area contributed by atoms with Crippen molar-refractivity contribution in [3.63, 3.8) is 0 Å². The van der Waals surface area contributed by atoms with Crippen LogP contribution >= 0.6 is 0 Å². The molecule has 2 aromatic heterocycles. The van der Waals surface area contributed by atoms with Crippen LogP contribution in [0.4, 0.5) is 0 Å². The van der Waals surface area contributed by atoms with E-state index in [0.29, 0.717) is 24.0 Å². The van der Waals surface area contributed by atoms with Crippen molar-refractivity contribution in [3.05, 3.63) is 138 Å². The van der Waals surface area contributed by atoms with Gasteiger partial charge in [-0.2, -0.15) is 0 Å². The summed E-state index contributed by atoms with van der Waals surface area (Å²) in [4.78, 5) is 28.6. The van der Waals surface area contributed by atoms with Crippen LogP contribution in [0.1, 0.15) is 77.4 Å². The minimum absolute atomic E-state index is 0.122. The molecule has 40 heavy (non-hydrogen) atoms. The highest BCUT2D eigenvalue weighted by atomic mass is 16.1. The Kier molecular flexibility index (Phi) is 7.78. The van der Waals surface area contributed by atoms with Gasteiger partial charge in [0, 0.05) is 17.3 Å². The van der Waals surface area contributed by atoms with Crippen molar-refractivity contribution >= 4 is 0 Å². The molecule has 0 unspecified atom stereocenters. The quantitative estimate of drug-likeness (QED) is 0.222. The molecule has 0 radical (unpaired) electrons. The van der Waals surface area contributed by atoms with E-state index in [2.05, 4.69) is 48.3 Å². The van der Waals surface area contributed by atoms with Crippen molar-refractivity contribution in [3.8, 4) is 11.4 Å². The molecule has 0 aliphatic rings. The highest BCUT2D eigenvalue weighted by Crippen LogP contribution is 2.33. The lowest BCUT2D eigenvalue weighted by Crippen LogP contribution is -2.25. The molecule has 206 valence electrons. The maximum atomic E-state index is 14.3. The second-order valence-corrected chi connectivity index (χ2v) is 10.8. The summed E-state index contributed by atoms with van der Waals surface area (Å²) in [6.45, 7) is 10.3. The summed E-state index contributed by atoms with van der Waals surface area (Å²) in [5, 5.41) is 6.84. The summed E-state index contributed by atoms with van der Waals surface area (Å²) >= 11 is 0. The van der Waals surface area contributed by atoms with Crippen LogP contribution in [0.2, 0.25) is 0 Å². The van der Waals surface area contributed by atoms with Crippen LogP contribution in [0.15, 0.2) is 82.4 Å². The van der Waals surface area contributed by atoms with Gasteiger partial charge in [-0.05, 0) is 63.4 Å². The van der Waals surface area contributed by atoms with E-state index in [-0.39, 0.29) is 11.1 Å². The molecular weight excluding hydrogens is 496 g/mol. The standard InChI is InChI=1S/C34H38N4O2/c1-6-8-28-31(33(39)37(35-28)26-18-12-23(4)13-19-26)30(25-16-10-22(3)11-17-25)32-29(9-7-2)36-38(34(32)40)27-20-14-24(5)15-21-27/h10-21,30,35-36H,6-9H2,1-5H3. The van der Waals surface area contributed by atoms with Crippen LogP contribution in [0.25, 0.3) is 11.4 Å². The average Bonchev–Trinajstić information content (AvgIpc) is 3.43. The molecule has 0 saturated carbocycles. The third-order valence-corrected chi connectivity index (χ3v) is 7.58. The first-order valence-electron chi connectivity index (χ1n) is 14.2. The summed E-state index contributed by atoms with van der Waals surface area (Å²) in [7, 11) is 0. The Morgan fingerprint density at radius 2 is 0.925 bits per heavy atom. The van der Waals surface area contributed by atoms with Crippen molar-refractivity contribution in [1.29, 1.82) is 0 Å². The van der Waals surface area contributed by atoms with Crippen LogP contribution in [0, 0.1) is 20.8 Å². The van der Waals surface area contributed by atoms with Gasteiger partial charge in [0.15, 0.2) is 0 Å². The minimum Gasteiger partial charge on any atom is -0.295 e. The highest BCUT2D eigenvalue weighted by Gasteiger charge is 2.32. The van der Waals surface area contributed by atoms with Gasteiger partial charge in [-0.15, -0.1) is 0 Å². The SMILES string of the molecule is CCCc1[nH]n(-c2ccc(C)cc2)c(=O)c1C(c1ccc(C)cc1)c1c(CCC)[nH]n(-c2ccc(C)cc2)c1=O. The Morgan fingerprint density at radius 3 is 1.27 bits per heavy atom. The van der Waals surface area contributed by atoms with E-state index in [4.69, 9.17) is 0 Å². The maximum absolute atomic E-state index is 14.3. The van der Waals surface area contributed by atoms with Crippen molar-refractivity contribution in [1.82, 2.24) is 19.6 Å². The molecule has 5 rings (SSSR count). The Morgan fingerprint density at radius 1 is 0.575 bits per heavy atom. The van der Waals surface area contributed by atoms with Gasteiger partial charge in [0.05, 0.1) is 22.5 Å². The van der Waals surface area contributed by atoms with E-state index in [9.17, 15) is 9.59 Å². The lowest BCUT2D eigenvalue weighted by molar-refractivity contribution is 0.789. The fraction of sp³-hybridized carbons (Fsp3) is 0.294. The molecule has 0 saturated heterocycles. The molecule has 2 heterocycles. The molecule has 5 aromatic rings. The van der Waals surface area contributed by atoms with Crippen LogP contribution in [0.5, 0.6) is 0 Å². The predicted molar refractivity (Wildman–Crippen MR) is 162 cm³/mol. The van der Waals surface area contributed by atoms with Crippen LogP contribution in [-0.4, -0.2) is 19.6 Å². The maximum Gasteiger partial charge on any atom is 0.275 e. The average molecular weight is 535 g/mol. The number of aryl methyl sites for hydroxylation is 5. The van der Waals surface area contributed by atoms with Gasteiger partial charge in [-0.1, -0.05) is 91.9 Å². The molecule has 2 N–H and O–H groups in total. The van der Waals surface area contributed by atoms with Gasteiger partial charge in [0.25, 0.3) is 11.1 Å². The van der Waals surface area contributed by atoms with E-state index < -0.39 is 5.92 Å². The van der Waals surface area contributed by atoms with Crippen LogP contribution in [-0.2, 0) is 12.8 Å². The Hall–Kier alpha value is -4.32. The zero-order chi connectivity index (χ0) is 28.4. The molecule has 6 heteroatoms. The fourth-order valence-electron chi connectivity index (χ4n) is 5.46. The van der Waals surface area contributed by atoms with E-state index in [0.717, 1.165) is 57.9 Å². The first-order valence-corrected chi connectivity index (χ1v) is 14.2. The van der Waals surface area contributed by atoms with Gasteiger partial charge < -0.3 is 0 Å². The second kappa shape index (κ2) is 11.4. The first kappa shape index (κ1) is 27.3. The number of benzene rings is 3. The molecule has 0 fully saturated rings. The number of aromatic nitrogens is 4. The normalized spacial score (nSPS) is 11.4. The first-order chi connectivity index (χ1) is 19.3. The Bertz CT molecular complexity index is 1610. The monoisotopic (exact) mass is 534 g/mol. The topological polar surface area (TPSA) is 75.6 Å². The zero-order valence-electron chi connectivity index (χ0n) is 24.0.